The third-order valence-electron chi connectivity index (χ3n) is 4.28. The zero-order valence-electron chi connectivity index (χ0n) is 15.1. The Labute approximate surface area is 173 Å². The maximum Gasteiger partial charge on any atom is 0.235 e. The van der Waals surface area contributed by atoms with Crippen molar-refractivity contribution >= 4 is 46.3 Å². The van der Waals surface area contributed by atoms with Gasteiger partial charge in [-0.05, 0) is 43.6 Å². The Kier molecular flexibility index (Phi) is 6.91. The summed E-state index contributed by atoms with van der Waals surface area (Å²) in [4.78, 5) is 10.6. The van der Waals surface area contributed by atoms with E-state index < -0.39 is 0 Å². The Bertz CT molecular complexity index is 955. The highest BCUT2D eigenvalue weighted by atomic mass is 35.5. The van der Waals surface area contributed by atoms with Crippen molar-refractivity contribution in [3.8, 4) is 17.0 Å². The molecule has 1 aliphatic rings. The normalized spacial score (nSPS) is 13.8. The molecule has 3 N–H and O–H groups in total. The van der Waals surface area contributed by atoms with Crippen LogP contribution in [0, 0.1) is 5.41 Å². The van der Waals surface area contributed by atoms with Gasteiger partial charge in [0.2, 0.25) is 17.5 Å². The fourth-order valence-electron chi connectivity index (χ4n) is 3.06. The van der Waals surface area contributed by atoms with Crippen LogP contribution >= 0.6 is 23.8 Å². The highest BCUT2D eigenvalue weighted by molar-refractivity contribution is 7.78. The molecule has 0 spiro atoms. The lowest BCUT2D eigenvalue weighted by molar-refractivity contribution is 0.360. The molecular weight excluding hydrogens is 398 g/mol. The summed E-state index contributed by atoms with van der Waals surface area (Å²) in [6.07, 6.45) is 5.36. The number of ether oxygens (including phenoxy) is 1. The summed E-state index contributed by atoms with van der Waals surface area (Å²) < 4.78 is 11.3. The quantitative estimate of drug-likeness (QED) is 0.377. The molecule has 0 unspecified atom stereocenters. The average Bonchev–Trinajstić information content (AvgIpc) is 3.33. The van der Waals surface area contributed by atoms with E-state index in [1.165, 1.54) is 19.2 Å². The summed E-state index contributed by atoms with van der Waals surface area (Å²) >= 11 is 10.0. The lowest BCUT2D eigenvalue weighted by Gasteiger charge is -2.15. The molecule has 0 bridgehead atoms. The van der Waals surface area contributed by atoms with Crippen LogP contribution in [0.5, 0.6) is 5.88 Å². The summed E-state index contributed by atoms with van der Waals surface area (Å²) in [7, 11) is 0. The predicted molar refractivity (Wildman–Crippen MR) is 114 cm³/mol. The number of nitrogens with one attached hydrogen (secondary N) is 1. The molecule has 4 rings (SSSR count). The molecule has 146 valence electrons. The molecule has 1 fully saturated rings. The summed E-state index contributed by atoms with van der Waals surface area (Å²) in [5.41, 5.74) is 7.80. The number of likely N-dealkylation sites (tertiary alicyclic amines) is 1. The van der Waals surface area contributed by atoms with Crippen LogP contribution in [0.25, 0.3) is 22.2 Å². The second kappa shape index (κ2) is 9.59. The first-order chi connectivity index (χ1) is 13.6. The van der Waals surface area contributed by atoms with E-state index >= 15 is 0 Å². The van der Waals surface area contributed by atoms with Crippen molar-refractivity contribution in [3.05, 3.63) is 41.9 Å². The molecule has 3 heterocycles. The Balaban J connectivity index is 0.000000706. The molecular formula is C19H20ClN5O2S. The molecule has 0 atom stereocenters. The van der Waals surface area contributed by atoms with Gasteiger partial charge in [0.05, 0.1) is 12.0 Å². The minimum absolute atomic E-state index is 0.171. The lowest BCUT2D eigenvalue weighted by Crippen LogP contribution is -2.29. The summed E-state index contributed by atoms with van der Waals surface area (Å²) in [5.74, 6) is 0.512. The predicted octanol–water partition coefficient (Wildman–Crippen LogP) is 3.90. The van der Waals surface area contributed by atoms with Crippen LogP contribution < -0.4 is 10.5 Å². The number of furan rings is 1. The number of hydrogen-bond donors (Lipinski definition) is 2. The van der Waals surface area contributed by atoms with Gasteiger partial charge in [-0.1, -0.05) is 36.0 Å². The first-order valence-electron chi connectivity index (χ1n) is 8.73. The lowest BCUT2D eigenvalue weighted by atomic mass is 10.1. The van der Waals surface area contributed by atoms with Crippen LogP contribution in [-0.4, -0.2) is 45.9 Å². The number of aromatic nitrogens is 2. The second-order valence-electron chi connectivity index (χ2n) is 6.16. The number of fused-ring (bicyclic) bond motifs is 1. The van der Waals surface area contributed by atoms with E-state index in [0.29, 0.717) is 28.5 Å². The van der Waals surface area contributed by atoms with E-state index in [2.05, 4.69) is 32.8 Å². The smallest absolute Gasteiger partial charge is 0.235 e. The van der Waals surface area contributed by atoms with E-state index in [1.807, 2.05) is 24.3 Å². The second-order valence-corrected chi connectivity index (χ2v) is 6.87. The van der Waals surface area contributed by atoms with Gasteiger partial charge in [0.25, 0.3) is 0 Å². The fourth-order valence-corrected chi connectivity index (χ4v) is 3.19. The number of thiocarbonyl (C=S) groups is 1. The largest absolute Gasteiger partial charge is 0.445 e. The van der Waals surface area contributed by atoms with Gasteiger partial charge in [0.1, 0.15) is 18.0 Å². The van der Waals surface area contributed by atoms with Gasteiger partial charge in [-0.25, -0.2) is 9.97 Å². The molecule has 3 aromatic rings. The molecule has 0 radical (unpaired) electrons. The molecule has 0 amide bonds. The maximum absolute atomic E-state index is 8.15. The van der Waals surface area contributed by atoms with Gasteiger partial charge in [-0.15, -0.1) is 0 Å². The zero-order chi connectivity index (χ0) is 19.9. The van der Waals surface area contributed by atoms with E-state index in [9.17, 15) is 0 Å². The number of hydrogen-bond acceptors (Lipinski definition) is 7. The highest BCUT2D eigenvalue weighted by Gasteiger charge is 2.19. The third kappa shape index (κ3) is 4.83. The molecule has 9 heteroatoms. The average molecular weight is 418 g/mol. The highest BCUT2D eigenvalue weighted by Crippen LogP contribution is 2.35. The first kappa shape index (κ1) is 20.2. The Morgan fingerprint density at radius 3 is 2.64 bits per heavy atom. The molecule has 28 heavy (non-hydrogen) atoms. The summed E-state index contributed by atoms with van der Waals surface area (Å²) in [6, 6.07) is 7.43. The van der Waals surface area contributed by atoms with Crippen molar-refractivity contribution in [2.75, 3.05) is 19.6 Å². The standard InChI is InChI=1S/C18H17ClN4O2.CH3NS/c19-13-5-3-12(4-6-13)14-10-24-17-16(14)18(22-11-21-17)25-15(20)9-23-7-1-2-8-23;2-1-3/h3-6,10-11,20H,1-2,7-9H2;1H,(H2,2,3). The number of halogens is 1. The number of rotatable bonds is 4. The van der Waals surface area contributed by atoms with Crippen LogP contribution in [0.15, 0.2) is 41.3 Å². The molecule has 0 aliphatic carbocycles. The Morgan fingerprint density at radius 2 is 1.96 bits per heavy atom. The summed E-state index contributed by atoms with van der Waals surface area (Å²) in [5, 5.41) is 9.48. The van der Waals surface area contributed by atoms with E-state index in [-0.39, 0.29) is 5.90 Å². The molecule has 2 aromatic heterocycles. The van der Waals surface area contributed by atoms with Crippen LogP contribution in [0.1, 0.15) is 12.8 Å². The van der Waals surface area contributed by atoms with Gasteiger partial charge < -0.3 is 14.9 Å². The van der Waals surface area contributed by atoms with Gasteiger partial charge in [-0.2, -0.15) is 0 Å². The van der Waals surface area contributed by atoms with Crippen LogP contribution in [0.3, 0.4) is 0 Å². The molecule has 7 nitrogen and oxygen atoms in total. The Hall–Kier alpha value is -2.55. The number of benzene rings is 1. The van der Waals surface area contributed by atoms with Gasteiger partial charge in [0.15, 0.2) is 0 Å². The van der Waals surface area contributed by atoms with Crippen molar-refractivity contribution in [3.63, 3.8) is 0 Å². The first-order valence-corrected chi connectivity index (χ1v) is 9.58. The fraction of sp³-hybridized carbons (Fsp3) is 0.263. The van der Waals surface area contributed by atoms with Crippen molar-refractivity contribution in [2.24, 2.45) is 5.73 Å². The number of nitrogens with two attached hydrogens (primary N) is 1. The molecule has 0 saturated carbocycles. The van der Waals surface area contributed by atoms with Crippen molar-refractivity contribution in [1.29, 1.82) is 5.41 Å². The maximum atomic E-state index is 8.15. The zero-order valence-corrected chi connectivity index (χ0v) is 16.7. The minimum atomic E-state index is 0.171. The van der Waals surface area contributed by atoms with Crippen molar-refractivity contribution in [1.82, 2.24) is 14.9 Å². The van der Waals surface area contributed by atoms with Gasteiger partial charge in [0, 0.05) is 10.6 Å². The van der Waals surface area contributed by atoms with E-state index in [4.69, 9.17) is 26.2 Å². The van der Waals surface area contributed by atoms with Crippen LogP contribution in [0.4, 0.5) is 0 Å². The molecule has 1 saturated heterocycles. The van der Waals surface area contributed by atoms with Crippen molar-refractivity contribution < 1.29 is 9.15 Å². The summed E-state index contributed by atoms with van der Waals surface area (Å²) in [6.45, 7) is 2.50. The monoisotopic (exact) mass is 417 g/mol. The van der Waals surface area contributed by atoms with Crippen LogP contribution in [0.2, 0.25) is 5.02 Å². The minimum Gasteiger partial charge on any atom is -0.445 e. The topological polar surface area (TPSA) is 101 Å². The van der Waals surface area contributed by atoms with E-state index in [1.54, 1.807) is 6.26 Å². The number of nitrogens with zero attached hydrogens (tertiary/aromatic N) is 3. The molecule has 1 aliphatic heterocycles. The SMILES string of the molecule is N=C(CN1CCCC1)Oc1ncnc2occ(-c3ccc(Cl)cc3)c12.NC=S. The third-order valence-corrected chi connectivity index (χ3v) is 4.53. The van der Waals surface area contributed by atoms with Crippen LogP contribution in [-0.2, 0) is 0 Å². The van der Waals surface area contributed by atoms with Crippen molar-refractivity contribution in [2.45, 2.75) is 12.8 Å². The van der Waals surface area contributed by atoms with E-state index in [0.717, 1.165) is 29.7 Å². The van der Waals surface area contributed by atoms with Gasteiger partial charge in [-0.3, -0.25) is 10.3 Å². The molecule has 1 aromatic carbocycles. The Morgan fingerprint density at radius 1 is 1.29 bits per heavy atom. The van der Waals surface area contributed by atoms with Gasteiger partial charge >= 0.3 is 0 Å².